The summed E-state index contributed by atoms with van der Waals surface area (Å²) in [7, 11) is 0. The Kier molecular flexibility index (Phi) is 14.6. The van der Waals surface area contributed by atoms with E-state index in [0.717, 1.165) is 86.0 Å². The molecule has 3 N–H and O–H groups in total. The molecule has 13 nitrogen and oxygen atoms in total. The number of H-pyrrole nitrogens is 1. The number of aromatic nitrogens is 2. The summed E-state index contributed by atoms with van der Waals surface area (Å²) in [5, 5.41) is 16.4. The number of hydrogen-bond acceptors (Lipinski definition) is 10. The van der Waals surface area contributed by atoms with Gasteiger partial charge in [0.05, 0.1) is 22.2 Å². The van der Waals surface area contributed by atoms with Crippen molar-refractivity contribution in [1.29, 1.82) is 0 Å². The summed E-state index contributed by atoms with van der Waals surface area (Å²) in [6, 6.07) is 17.6. The molecule has 4 heterocycles. The Morgan fingerprint density at radius 3 is 2.57 bits per heavy atom. The quantitative estimate of drug-likeness (QED) is 0.0558. The highest BCUT2D eigenvalue weighted by Gasteiger charge is 2.34. The highest BCUT2D eigenvalue weighted by Crippen LogP contribution is 2.46. The topological polar surface area (TPSA) is 149 Å². The Balaban J connectivity index is 0.956. The van der Waals surface area contributed by atoms with Crippen LogP contribution in [0.25, 0.3) is 16.6 Å². The lowest BCUT2D eigenvalue weighted by Crippen LogP contribution is -2.47. The number of fused-ring (bicyclic) bond motifs is 1. The summed E-state index contributed by atoms with van der Waals surface area (Å²) >= 11 is 7.52. The van der Waals surface area contributed by atoms with E-state index >= 15 is 0 Å². The average molecular weight is 974 g/mol. The third kappa shape index (κ3) is 11.6. The lowest BCUT2D eigenvalue weighted by atomic mass is 9.72. The number of alkyl halides is 3. The van der Waals surface area contributed by atoms with Crippen molar-refractivity contribution in [3.63, 3.8) is 0 Å². The molecular weight excluding hydrogens is 917 g/mol. The zero-order valence-electron chi connectivity index (χ0n) is 38.6. The van der Waals surface area contributed by atoms with Gasteiger partial charge in [-0.2, -0.15) is 13.2 Å². The molecule has 2 amide bonds. The molecule has 0 spiro atoms. The third-order valence-corrected chi connectivity index (χ3v) is 14.2. The van der Waals surface area contributed by atoms with Crippen molar-refractivity contribution in [3.8, 4) is 11.5 Å². The predicted octanol–water partition coefficient (Wildman–Crippen LogP) is 11.5. The van der Waals surface area contributed by atoms with Crippen LogP contribution in [0.15, 0.2) is 89.6 Å². The first-order chi connectivity index (χ1) is 32.4. The van der Waals surface area contributed by atoms with Gasteiger partial charge in [0.1, 0.15) is 22.8 Å². The number of nitro groups is 1. The number of pyridine rings is 1. The second kappa shape index (κ2) is 20.4. The number of carbonyl (C=O) groups excluding carboxylic acids is 2. The lowest BCUT2D eigenvalue weighted by Gasteiger charge is -2.39. The maximum Gasteiger partial charge on any atom is 0.416 e. The van der Waals surface area contributed by atoms with Gasteiger partial charge in [-0.05, 0) is 115 Å². The minimum absolute atomic E-state index is 0.0192. The molecule has 0 radical (unpaired) electrons. The van der Waals surface area contributed by atoms with Crippen LogP contribution in [0.5, 0.6) is 11.5 Å². The molecule has 0 bridgehead atoms. The number of carbonyl (C=O) groups is 2. The number of piperidine rings is 1. The molecule has 3 aromatic carbocycles. The van der Waals surface area contributed by atoms with E-state index in [1.807, 2.05) is 43.0 Å². The number of halogens is 4. The van der Waals surface area contributed by atoms with Crippen LogP contribution in [0, 0.1) is 27.4 Å². The van der Waals surface area contributed by atoms with Crippen LogP contribution >= 0.6 is 23.5 Å². The van der Waals surface area contributed by atoms with E-state index in [-0.39, 0.29) is 39.4 Å². The summed E-state index contributed by atoms with van der Waals surface area (Å²) in [5.41, 5.74) is 4.13. The van der Waals surface area contributed by atoms with Crippen molar-refractivity contribution in [2.75, 3.05) is 62.6 Å². The zero-order chi connectivity index (χ0) is 48.3. The number of nitrogens with zero attached hydrogens (tertiary/aromatic N) is 5. The summed E-state index contributed by atoms with van der Waals surface area (Å²) < 4.78 is 49.8. The first-order valence-electron chi connectivity index (χ1n) is 23.0. The van der Waals surface area contributed by atoms with Gasteiger partial charge in [0.2, 0.25) is 5.91 Å². The van der Waals surface area contributed by atoms with Gasteiger partial charge >= 0.3 is 6.18 Å². The van der Waals surface area contributed by atoms with Crippen LogP contribution in [-0.4, -0.2) is 88.9 Å². The highest BCUT2D eigenvalue weighted by atomic mass is 35.5. The molecule has 3 aliphatic rings. The fourth-order valence-electron chi connectivity index (χ4n) is 9.33. The molecule has 18 heteroatoms. The molecular formula is C50H56ClF3N8O5S. The first kappa shape index (κ1) is 48.7. The standard InChI is InChI=1S/C50H56ClF3N8O5S/c1-31(2)48(64)61-17-5-6-32(29-61)27-56-43-12-9-38(25-44(43)62(65)66)68-58-47(63)40-11-8-36(24-45(40)67-37-22-33-14-16-55-46(33)57-28-37)60-20-18-59(19-21-60)30-34-13-15-49(3,4)26-41(34)39-10-7-35(23-42(39)51)50(52,53)54/h7-12,14,16,22-25,28,31-32,56H,5-6,13,15,17-21,26-27,29-30H2,1-4H3,(H,55,57)(H,58,63). The normalized spacial score (nSPS) is 18.0. The van der Waals surface area contributed by atoms with Crippen molar-refractivity contribution in [2.45, 2.75) is 70.9 Å². The Bertz CT molecular complexity index is 2720. The highest BCUT2D eigenvalue weighted by molar-refractivity contribution is 7.98. The molecule has 2 aromatic heterocycles. The van der Waals surface area contributed by atoms with E-state index in [1.165, 1.54) is 17.7 Å². The molecule has 360 valence electrons. The fraction of sp³-hybridized carbons (Fsp3) is 0.420. The van der Waals surface area contributed by atoms with Gasteiger partial charge in [-0.25, -0.2) is 4.98 Å². The second-order valence-electron chi connectivity index (χ2n) is 19.0. The third-order valence-electron chi connectivity index (χ3n) is 13.1. The maximum absolute atomic E-state index is 14.0. The molecule has 1 unspecified atom stereocenters. The first-order valence-corrected chi connectivity index (χ1v) is 24.2. The van der Waals surface area contributed by atoms with Crippen molar-refractivity contribution >= 4 is 69.0 Å². The average Bonchev–Trinajstić information content (AvgIpc) is 3.78. The number of allylic oxidation sites excluding steroid dienone is 1. The molecule has 1 atom stereocenters. The van der Waals surface area contributed by atoms with Crippen molar-refractivity contribution in [3.05, 3.63) is 117 Å². The summed E-state index contributed by atoms with van der Waals surface area (Å²) in [6.45, 7) is 13.4. The number of rotatable bonds is 14. The number of nitrogens with one attached hydrogen (secondary N) is 3. The molecule has 1 aliphatic carbocycles. The number of hydrogen-bond donors (Lipinski definition) is 3. The number of nitro benzene ring substituents is 1. The van der Waals surface area contributed by atoms with E-state index < -0.39 is 22.6 Å². The van der Waals surface area contributed by atoms with Crippen LogP contribution in [0.3, 0.4) is 0 Å². The van der Waals surface area contributed by atoms with Crippen molar-refractivity contribution in [2.24, 2.45) is 17.3 Å². The molecule has 0 saturated carbocycles. The molecule has 2 aliphatic heterocycles. The Morgan fingerprint density at radius 2 is 1.84 bits per heavy atom. The van der Waals surface area contributed by atoms with Gasteiger partial charge in [0.25, 0.3) is 11.6 Å². The lowest BCUT2D eigenvalue weighted by molar-refractivity contribution is -0.384. The molecule has 68 heavy (non-hydrogen) atoms. The minimum Gasteiger partial charge on any atom is -0.455 e. The van der Waals surface area contributed by atoms with Gasteiger partial charge in [-0.3, -0.25) is 29.3 Å². The van der Waals surface area contributed by atoms with Gasteiger partial charge in [0, 0.05) is 97.6 Å². The molecule has 2 fully saturated rings. The fourth-order valence-corrected chi connectivity index (χ4v) is 10.3. The van der Waals surface area contributed by atoms with E-state index in [9.17, 15) is 32.9 Å². The maximum atomic E-state index is 14.0. The van der Waals surface area contributed by atoms with E-state index in [0.29, 0.717) is 72.4 Å². The van der Waals surface area contributed by atoms with Crippen molar-refractivity contribution in [1.82, 2.24) is 24.5 Å². The number of amides is 2. The van der Waals surface area contributed by atoms with Crippen LogP contribution in [0.4, 0.5) is 30.2 Å². The minimum atomic E-state index is -4.48. The van der Waals surface area contributed by atoms with E-state index in [1.54, 1.807) is 30.6 Å². The number of likely N-dealkylation sites (tertiary alicyclic amines) is 1. The second-order valence-corrected chi connectivity index (χ2v) is 20.3. The zero-order valence-corrected chi connectivity index (χ0v) is 40.1. The number of ether oxygens (including phenoxy) is 1. The smallest absolute Gasteiger partial charge is 0.416 e. The number of benzene rings is 3. The Morgan fingerprint density at radius 1 is 1.04 bits per heavy atom. The number of anilines is 2. The van der Waals surface area contributed by atoms with Gasteiger partial charge in [0.15, 0.2) is 0 Å². The van der Waals surface area contributed by atoms with Crippen LogP contribution in [0.2, 0.25) is 5.02 Å². The summed E-state index contributed by atoms with van der Waals surface area (Å²) in [5.74, 6) is 0.447. The van der Waals surface area contributed by atoms with Gasteiger partial charge < -0.3 is 24.8 Å². The van der Waals surface area contributed by atoms with Crippen molar-refractivity contribution < 1.29 is 32.4 Å². The van der Waals surface area contributed by atoms with Gasteiger partial charge in [-0.1, -0.05) is 50.9 Å². The van der Waals surface area contributed by atoms with Crippen LogP contribution < -0.4 is 19.7 Å². The Labute approximate surface area is 403 Å². The largest absolute Gasteiger partial charge is 0.455 e. The van der Waals surface area contributed by atoms with Gasteiger partial charge in [-0.15, -0.1) is 0 Å². The Hall–Kier alpha value is -5.78. The van der Waals surface area contributed by atoms with E-state index in [4.69, 9.17) is 16.3 Å². The van der Waals surface area contributed by atoms with E-state index in [2.05, 4.69) is 43.7 Å². The van der Waals surface area contributed by atoms with Crippen LogP contribution in [-0.2, 0) is 11.0 Å². The SMILES string of the molecule is CC(C)C(=O)N1CCCC(CNc2ccc(SNC(=O)c3ccc(N4CCN(CC5=C(c6ccc(C(F)(F)F)cc6Cl)CC(C)(C)CC5)CC4)cc3Oc3cnc4[nH]ccc4c3)cc2[N+](=O)[O-])C1. The summed E-state index contributed by atoms with van der Waals surface area (Å²) in [6.07, 6.45) is 3.18. The monoisotopic (exact) mass is 972 g/mol. The molecule has 2 saturated heterocycles. The predicted molar refractivity (Wildman–Crippen MR) is 261 cm³/mol. The van der Waals surface area contributed by atoms with Crippen LogP contribution in [0.1, 0.15) is 81.3 Å². The molecule has 8 rings (SSSR count). The molecule has 5 aromatic rings. The number of aromatic amines is 1. The number of piperazine rings is 1. The summed E-state index contributed by atoms with van der Waals surface area (Å²) in [4.78, 5) is 52.8.